The number of ether oxygens (including phenoxy) is 2. The molecule has 7 nitrogen and oxygen atoms in total. The van der Waals surface area contributed by atoms with E-state index in [1.807, 2.05) is 36.4 Å². The first-order valence-corrected chi connectivity index (χ1v) is 9.45. The fraction of sp³-hybridized carbons (Fsp3) is 0.333. The van der Waals surface area contributed by atoms with Gasteiger partial charge in [0.2, 0.25) is 5.82 Å². The van der Waals surface area contributed by atoms with Crippen LogP contribution in [-0.2, 0) is 6.54 Å². The van der Waals surface area contributed by atoms with Crippen LogP contribution in [0.5, 0.6) is 11.5 Å². The number of nitrogens with one attached hydrogen (secondary N) is 1. The van der Waals surface area contributed by atoms with Crippen molar-refractivity contribution in [2.45, 2.75) is 6.54 Å². The monoisotopic (exact) mass is 381 g/mol. The van der Waals surface area contributed by atoms with E-state index in [1.54, 1.807) is 14.2 Å². The quantitative estimate of drug-likeness (QED) is 0.701. The Morgan fingerprint density at radius 3 is 2.14 bits per heavy atom. The molecule has 1 aromatic heterocycles. The Morgan fingerprint density at radius 1 is 0.929 bits per heavy atom. The molecular formula is C21H25N4O3+. The van der Waals surface area contributed by atoms with E-state index in [9.17, 15) is 0 Å². The van der Waals surface area contributed by atoms with E-state index < -0.39 is 0 Å². The summed E-state index contributed by atoms with van der Waals surface area (Å²) in [5.74, 6) is 3.00. The highest BCUT2D eigenvalue weighted by Crippen LogP contribution is 2.20. The van der Waals surface area contributed by atoms with Gasteiger partial charge in [-0.15, -0.1) is 0 Å². The van der Waals surface area contributed by atoms with Crippen LogP contribution in [0, 0.1) is 0 Å². The van der Waals surface area contributed by atoms with Crippen LogP contribution in [-0.4, -0.2) is 50.5 Å². The summed E-state index contributed by atoms with van der Waals surface area (Å²) >= 11 is 0. The van der Waals surface area contributed by atoms with Gasteiger partial charge in [-0.25, -0.2) is 0 Å². The maximum atomic E-state index is 5.47. The van der Waals surface area contributed by atoms with E-state index in [1.165, 1.54) is 10.6 Å². The molecule has 4 rings (SSSR count). The molecule has 0 aliphatic carbocycles. The zero-order chi connectivity index (χ0) is 19.3. The highest BCUT2D eigenvalue weighted by atomic mass is 16.5. The number of quaternary nitrogens is 1. The number of methoxy groups -OCH3 is 2. The molecule has 1 fully saturated rings. The van der Waals surface area contributed by atoms with E-state index in [0.717, 1.165) is 49.8 Å². The van der Waals surface area contributed by atoms with Gasteiger partial charge < -0.3 is 23.8 Å². The highest BCUT2D eigenvalue weighted by molar-refractivity contribution is 5.55. The number of rotatable bonds is 6. The van der Waals surface area contributed by atoms with E-state index in [4.69, 9.17) is 14.0 Å². The Morgan fingerprint density at radius 2 is 1.54 bits per heavy atom. The van der Waals surface area contributed by atoms with Gasteiger partial charge in [-0.05, 0) is 48.5 Å². The first-order chi connectivity index (χ1) is 13.7. The van der Waals surface area contributed by atoms with Crippen molar-refractivity contribution >= 4 is 5.69 Å². The number of benzene rings is 2. The maximum Gasteiger partial charge on any atom is 0.282 e. The lowest BCUT2D eigenvalue weighted by Gasteiger charge is -2.33. The van der Waals surface area contributed by atoms with Crippen LogP contribution < -0.4 is 19.3 Å². The van der Waals surface area contributed by atoms with Crippen molar-refractivity contribution < 1.29 is 18.9 Å². The van der Waals surface area contributed by atoms with Crippen molar-refractivity contribution in [3.8, 4) is 22.9 Å². The Kier molecular flexibility index (Phi) is 5.43. The molecule has 2 aromatic carbocycles. The molecule has 7 heteroatoms. The highest BCUT2D eigenvalue weighted by Gasteiger charge is 2.22. The van der Waals surface area contributed by atoms with Crippen molar-refractivity contribution in [2.24, 2.45) is 0 Å². The molecule has 0 atom stereocenters. The van der Waals surface area contributed by atoms with Gasteiger partial charge >= 0.3 is 0 Å². The summed E-state index contributed by atoms with van der Waals surface area (Å²) in [5.41, 5.74) is 2.16. The van der Waals surface area contributed by atoms with Crippen LogP contribution >= 0.6 is 0 Å². The molecule has 1 aliphatic heterocycles. The molecule has 0 bridgehead atoms. The van der Waals surface area contributed by atoms with E-state index in [2.05, 4.69) is 27.2 Å². The molecule has 0 radical (unpaired) electrons. The van der Waals surface area contributed by atoms with Gasteiger partial charge in [0, 0.05) is 11.3 Å². The molecule has 0 saturated carbocycles. The van der Waals surface area contributed by atoms with Crippen LogP contribution in [0.25, 0.3) is 11.4 Å². The normalized spacial score (nSPS) is 14.9. The predicted molar refractivity (Wildman–Crippen MR) is 106 cm³/mol. The molecule has 0 amide bonds. The van der Waals surface area contributed by atoms with Gasteiger partial charge in [0.1, 0.15) is 11.5 Å². The molecular weight excluding hydrogens is 356 g/mol. The third kappa shape index (κ3) is 4.09. The van der Waals surface area contributed by atoms with Gasteiger partial charge in [0.15, 0.2) is 6.54 Å². The SMILES string of the molecule is COc1ccc(-c2noc(C[NH+]3CCN(c4ccc(OC)cc4)CC3)n2)cc1. The summed E-state index contributed by atoms with van der Waals surface area (Å²) in [7, 11) is 3.34. The third-order valence-electron chi connectivity index (χ3n) is 5.13. The van der Waals surface area contributed by atoms with E-state index in [0.29, 0.717) is 11.7 Å². The van der Waals surface area contributed by atoms with Crippen LogP contribution in [0.2, 0.25) is 0 Å². The first-order valence-electron chi connectivity index (χ1n) is 9.45. The number of hydrogen-bond acceptors (Lipinski definition) is 6. The van der Waals surface area contributed by atoms with Gasteiger partial charge in [-0.1, -0.05) is 5.16 Å². The number of hydrogen-bond donors (Lipinski definition) is 1. The summed E-state index contributed by atoms with van der Waals surface area (Å²) in [6.07, 6.45) is 0. The maximum absolute atomic E-state index is 5.47. The van der Waals surface area contributed by atoms with Crippen LogP contribution in [0.1, 0.15) is 5.89 Å². The lowest BCUT2D eigenvalue weighted by Crippen LogP contribution is -3.13. The third-order valence-corrected chi connectivity index (χ3v) is 5.13. The summed E-state index contributed by atoms with van der Waals surface area (Å²) in [5, 5.41) is 4.12. The Hall–Kier alpha value is -3.06. The Labute approximate surface area is 164 Å². The molecule has 28 heavy (non-hydrogen) atoms. The van der Waals surface area contributed by atoms with Gasteiger partial charge in [0.05, 0.1) is 40.4 Å². The first kappa shape index (κ1) is 18.3. The molecule has 1 saturated heterocycles. The summed E-state index contributed by atoms with van der Waals surface area (Å²) < 4.78 is 15.9. The van der Waals surface area contributed by atoms with Crippen molar-refractivity contribution in [2.75, 3.05) is 45.3 Å². The van der Waals surface area contributed by atoms with Crippen molar-refractivity contribution in [3.05, 3.63) is 54.4 Å². The fourth-order valence-corrected chi connectivity index (χ4v) is 3.45. The smallest absolute Gasteiger partial charge is 0.282 e. The second kappa shape index (κ2) is 8.31. The average molecular weight is 381 g/mol. The fourth-order valence-electron chi connectivity index (χ4n) is 3.45. The molecule has 0 unspecified atom stereocenters. The number of piperazine rings is 1. The summed E-state index contributed by atoms with van der Waals surface area (Å²) in [6, 6.07) is 15.9. The largest absolute Gasteiger partial charge is 0.497 e. The molecule has 3 aromatic rings. The molecule has 1 N–H and O–H groups in total. The lowest BCUT2D eigenvalue weighted by atomic mass is 10.2. The predicted octanol–water partition coefficient (Wildman–Crippen LogP) is 1.66. The Bertz CT molecular complexity index is 885. The topological polar surface area (TPSA) is 65.1 Å². The second-order valence-electron chi connectivity index (χ2n) is 6.85. The van der Waals surface area contributed by atoms with Crippen LogP contribution in [0.15, 0.2) is 53.1 Å². The summed E-state index contributed by atoms with van der Waals surface area (Å²) in [6.45, 7) is 4.82. The minimum absolute atomic E-state index is 0.619. The van der Waals surface area contributed by atoms with Gasteiger partial charge in [0.25, 0.3) is 5.89 Å². The van der Waals surface area contributed by atoms with Crippen LogP contribution in [0.4, 0.5) is 5.69 Å². The van der Waals surface area contributed by atoms with Gasteiger partial charge in [-0.3, -0.25) is 0 Å². The second-order valence-corrected chi connectivity index (χ2v) is 6.85. The average Bonchev–Trinajstić information content (AvgIpc) is 3.23. The van der Waals surface area contributed by atoms with E-state index >= 15 is 0 Å². The zero-order valence-electron chi connectivity index (χ0n) is 16.2. The standard InChI is InChI=1S/C21H24N4O3/c1-26-18-7-3-16(4-8-18)21-22-20(28-23-21)15-24-11-13-25(14-12-24)17-5-9-19(27-2)10-6-17/h3-10H,11-15H2,1-2H3/p+1. The van der Waals surface area contributed by atoms with Crippen molar-refractivity contribution in [1.29, 1.82) is 0 Å². The number of aromatic nitrogens is 2. The number of nitrogens with zero attached hydrogens (tertiary/aromatic N) is 3. The summed E-state index contributed by atoms with van der Waals surface area (Å²) in [4.78, 5) is 8.42. The van der Waals surface area contributed by atoms with Crippen LogP contribution in [0.3, 0.4) is 0 Å². The minimum atomic E-state index is 0.619. The lowest BCUT2D eigenvalue weighted by molar-refractivity contribution is -0.915. The zero-order valence-corrected chi connectivity index (χ0v) is 16.2. The van der Waals surface area contributed by atoms with E-state index in [-0.39, 0.29) is 0 Å². The molecule has 1 aliphatic rings. The molecule has 0 spiro atoms. The molecule has 2 heterocycles. The van der Waals surface area contributed by atoms with Gasteiger partial charge in [-0.2, -0.15) is 4.98 Å². The van der Waals surface area contributed by atoms with Crippen molar-refractivity contribution in [1.82, 2.24) is 10.1 Å². The minimum Gasteiger partial charge on any atom is -0.497 e. The van der Waals surface area contributed by atoms with Crippen molar-refractivity contribution in [3.63, 3.8) is 0 Å². The molecule has 146 valence electrons. The Balaban J connectivity index is 1.32. The number of anilines is 1.